The predicted octanol–water partition coefficient (Wildman–Crippen LogP) is 2.86. The number of fused-ring (bicyclic) bond motifs is 1. The van der Waals surface area contributed by atoms with Gasteiger partial charge in [-0.25, -0.2) is 0 Å². The Morgan fingerprint density at radius 2 is 2.32 bits per heavy atom. The van der Waals surface area contributed by atoms with E-state index in [4.69, 9.17) is 4.52 Å². The number of hydrogen-bond acceptors (Lipinski definition) is 4. The van der Waals surface area contributed by atoms with E-state index in [9.17, 15) is 5.11 Å². The molecule has 0 radical (unpaired) electrons. The van der Waals surface area contributed by atoms with E-state index in [-0.39, 0.29) is 0 Å². The second-order valence-corrected chi connectivity index (χ2v) is 5.14. The highest BCUT2D eigenvalue weighted by atomic mass is 16.5. The van der Waals surface area contributed by atoms with E-state index in [2.05, 4.69) is 10.5 Å². The molecule has 0 fully saturated rings. The highest BCUT2D eigenvalue weighted by Crippen LogP contribution is 2.32. The van der Waals surface area contributed by atoms with Crippen LogP contribution in [0.25, 0.3) is 0 Å². The van der Waals surface area contributed by atoms with Gasteiger partial charge < -0.3 is 14.9 Å². The Bertz CT molecular complexity index is 577. The Hall–Kier alpha value is -1.81. The van der Waals surface area contributed by atoms with E-state index < -0.39 is 0 Å². The van der Waals surface area contributed by atoms with E-state index in [1.165, 1.54) is 11.1 Å². The molecule has 1 atom stereocenters. The third-order valence-corrected chi connectivity index (χ3v) is 3.64. The maximum atomic E-state index is 9.54. The molecule has 1 aromatic heterocycles. The molecule has 2 N–H and O–H groups in total. The molecule has 0 amide bonds. The van der Waals surface area contributed by atoms with Crippen molar-refractivity contribution < 1.29 is 9.63 Å². The van der Waals surface area contributed by atoms with E-state index in [1.807, 2.05) is 25.1 Å². The van der Waals surface area contributed by atoms with E-state index in [0.717, 1.165) is 30.7 Å². The average Bonchev–Trinajstić information content (AvgIpc) is 2.81. The Labute approximate surface area is 112 Å². The lowest BCUT2D eigenvalue weighted by Gasteiger charge is -2.26. The molecular formula is C15H18N2O2. The number of aryl methyl sites for hydroxylation is 2. The van der Waals surface area contributed by atoms with Crippen molar-refractivity contribution in [3.8, 4) is 5.75 Å². The lowest BCUT2D eigenvalue weighted by Crippen LogP contribution is -2.24. The van der Waals surface area contributed by atoms with Gasteiger partial charge in [-0.1, -0.05) is 11.2 Å². The summed E-state index contributed by atoms with van der Waals surface area (Å²) in [5.74, 6) is 1.22. The van der Waals surface area contributed by atoms with Crippen LogP contribution in [0.4, 0.5) is 0 Å². The Morgan fingerprint density at radius 3 is 3.11 bits per heavy atom. The predicted molar refractivity (Wildman–Crippen MR) is 71.9 cm³/mol. The summed E-state index contributed by atoms with van der Waals surface area (Å²) < 4.78 is 5.21. The van der Waals surface area contributed by atoms with E-state index >= 15 is 0 Å². The fourth-order valence-electron chi connectivity index (χ4n) is 2.74. The van der Waals surface area contributed by atoms with Gasteiger partial charge in [-0.15, -0.1) is 0 Å². The molecule has 1 aliphatic rings. The number of aromatic nitrogens is 1. The molecule has 0 aliphatic heterocycles. The molecule has 1 aliphatic carbocycles. The minimum absolute atomic E-state index is 0.328. The molecule has 4 nitrogen and oxygen atoms in total. The lowest BCUT2D eigenvalue weighted by molar-refractivity contribution is 0.353. The van der Waals surface area contributed by atoms with E-state index in [0.29, 0.717) is 18.3 Å². The molecule has 1 aromatic carbocycles. The van der Waals surface area contributed by atoms with Gasteiger partial charge in [0.25, 0.3) is 0 Å². The SMILES string of the molecule is Cc1cc(CNC2CCCc3cc(O)ccc32)on1. The number of phenolic OH excluding ortho intramolecular Hbond substituents is 1. The Balaban J connectivity index is 1.73. The van der Waals surface area contributed by atoms with Crippen molar-refractivity contribution in [2.75, 3.05) is 0 Å². The molecule has 0 spiro atoms. The summed E-state index contributed by atoms with van der Waals surface area (Å²) in [5, 5.41) is 16.9. The van der Waals surface area contributed by atoms with Gasteiger partial charge in [0.2, 0.25) is 0 Å². The Kier molecular flexibility index (Phi) is 3.25. The highest BCUT2D eigenvalue weighted by molar-refractivity contribution is 5.38. The monoisotopic (exact) mass is 258 g/mol. The van der Waals surface area contributed by atoms with Crippen LogP contribution in [0.1, 0.15) is 41.5 Å². The molecule has 0 saturated heterocycles. The number of benzene rings is 1. The van der Waals surface area contributed by atoms with Crippen LogP contribution in [0.5, 0.6) is 5.75 Å². The van der Waals surface area contributed by atoms with Gasteiger partial charge in [-0.2, -0.15) is 0 Å². The van der Waals surface area contributed by atoms with Crippen LogP contribution in [-0.4, -0.2) is 10.3 Å². The summed E-state index contributed by atoms with van der Waals surface area (Å²) in [6.07, 6.45) is 3.30. The van der Waals surface area contributed by atoms with Crippen LogP contribution in [0.2, 0.25) is 0 Å². The molecule has 4 heteroatoms. The summed E-state index contributed by atoms with van der Waals surface area (Å²) in [7, 11) is 0. The zero-order chi connectivity index (χ0) is 13.2. The molecule has 100 valence electrons. The maximum absolute atomic E-state index is 9.54. The van der Waals surface area contributed by atoms with Crippen molar-refractivity contribution in [3.63, 3.8) is 0 Å². The molecule has 0 saturated carbocycles. The number of rotatable bonds is 3. The summed E-state index contributed by atoms with van der Waals surface area (Å²) >= 11 is 0. The van der Waals surface area contributed by atoms with Crippen molar-refractivity contribution in [1.82, 2.24) is 10.5 Å². The van der Waals surface area contributed by atoms with Crippen LogP contribution >= 0.6 is 0 Å². The molecular weight excluding hydrogens is 240 g/mol. The van der Waals surface area contributed by atoms with Crippen LogP contribution in [0.3, 0.4) is 0 Å². The molecule has 0 bridgehead atoms. The van der Waals surface area contributed by atoms with Crippen molar-refractivity contribution in [2.24, 2.45) is 0 Å². The van der Waals surface area contributed by atoms with Gasteiger partial charge in [-0.05, 0) is 49.4 Å². The fourth-order valence-corrected chi connectivity index (χ4v) is 2.74. The fraction of sp³-hybridized carbons (Fsp3) is 0.400. The van der Waals surface area contributed by atoms with Crippen molar-refractivity contribution in [2.45, 2.75) is 38.8 Å². The van der Waals surface area contributed by atoms with E-state index in [1.54, 1.807) is 6.07 Å². The van der Waals surface area contributed by atoms with Crippen LogP contribution in [0.15, 0.2) is 28.8 Å². The van der Waals surface area contributed by atoms with Crippen LogP contribution < -0.4 is 5.32 Å². The van der Waals surface area contributed by atoms with Gasteiger partial charge in [-0.3, -0.25) is 0 Å². The van der Waals surface area contributed by atoms with Gasteiger partial charge in [0, 0.05) is 12.1 Å². The number of hydrogen-bond donors (Lipinski definition) is 2. The van der Waals surface area contributed by atoms with Crippen LogP contribution in [0, 0.1) is 6.92 Å². The summed E-state index contributed by atoms with van der Waals surface area (Å²) in [4.78, 5) is 0. The number of phenols is 1. The van der Waals surface area contributed by atoms with Crippen molar-refractivity contribution in [3.05, 3.63) is 46.8 Å². The normalized spacial score (nSPS) is 18.3. The quantitative estimate of drug-likeness (QED) is 0.888. The largest absolute Gasteiger partial charge is 0.508 e. The smallest absolute Gasteiger partial charge is 0.150 e. The first kappa shape index (κ1) is 12.2. The third kappa shape index (κ3) is 2.63. The molecule has 3 rings (SSSR count). The minimum Gasteiger partial charge on any atom is -0.508 e. The van der Waals surface area contributed by atoms with Crippen molar-refractivity contribution >= 4 is 0 Å². The third-order valence-electron chi connectivity index (χ3n) is 3.64. The summed E-state index contributed by atoms with van der Waals surface area (Å²) in [6, 6.07) is 7.94. The zero-order valence-corrected chi connectivity index (χ0v) is 11.0. The number of aromatic hydroxyl groups is 1. The summed E-state index contributed by atoms with van der Waals surface area (Å²) in [6.45, 7) is 2.61. The molecule has 1 heterocycles. The number of nitrogens with one attached hydrogen (secondary N) is 1. The molecule has 1 unspecified atom stereocenters. The van der Waals surface area contributed by atoms with Gasteiger partial charge in [0.15, 0.2) is 5.76 Å². The topological polar surface area (TPSA) is 58.3 Å². The molecule has 2 aromatic rings. The first-order chi connectivity index (χ1) is 9.22. The van der Waals surface area contributed by atoms with Gasteiger partial charge >= 0.3 is 0 Å². The summed E-state index contributed by atoms with van der Waals surface area (Å²) in [5.41, 5.74) is 3.45. The molecule has 19 heavy (non-hydrogen) atoms. The van der Waals surface area contributed by atoms with Gasteiger partial charge in [0.05, 0.1) is 12.2 Å². The second kappa shape index (κ2) is 5.05. The Morgan fingerprint density at radius 1 is 1.42 bits per heavy atom. The second-order valence-electron chi connectivity index (χ2n) is 5.14. The lowest BCUT2D eigenvalue weighted by atomic mass is 9.87. The maximum Gasteiger partial charge on any atom is 0.150 e. The van der Waals surface area contributed by atoms with Crippen molar-refractivity contribution in [1.29, 1.82) is 0 Å². The minimum atomic E-state index is 0.328. The standard InChI is InChI=1S/C15H18N2O2/c1-10-7-13(19-17-10)9-16-15-4-2-3-11-8-12(18)5-6-14(11)15/h5-8,15-16,18H,2-4,9H2,1H3. The number of nitrogens with zero attached hydrogens (tertiary/aromatic N) is 1. The zero-order valence-electron chi connectivity index (χ0n) is 11.0. The first-order valence-corrected chi connectivity index (χ1v) is 6.70. The highest BCUT2D eigenvalue weighted by Gasteiger charge is 2.20. The first-order valence-electron chi connectivity index (χ1n) is 6.70. The average molecular weight is 258 g/mol. The van der Waals surface area contributed by atoms with Gasteiger partial charge in [0.1, 0.15) is 5.75 Å². The van der Waals surface area contributed by atoms with Crippen LogP contribution in [-0.2, 0) is 13.0 Å².